The zero-order valence-electron chi connectivity index (χ0n) is 24.9. The number of nitrogens with two attached hydrogens (primary N) is 1. The van der Waals surface area contributed by atoms with Crippen LogP contribution in [0.2, 0.25) is 10.0 Å². The number of hydrogen-bond acceptors (Lipinski definition) is 5. The Bertz CT molecular complexity index is 1810. The van der Waals surface area contributed by atoms with Crippen molar-refractivity contribution in [2.24, 2.45) is 5.73 Å². The molecule has 0 spiro atoms. The molecule has 5 aromatic rings. The first kappa shape index (κ1) is 31.4. The predicted octanol–water partition coefficient (Wildman–Crippen LogP) is 6.40. The molecule has 10 heteroatoms. The van der Waals surface area contributed by atoms with Crippen LogP contribution in [0.4, 0.5) is 0 Å². The number of halogens is 2. The number of aromatic nitrogens is 2. The third-order valence-corrected chi connectivity index (χ3v) is 8.64. The highest BCUT2D eigenvalue weighted by Crippen LogP contribution is 2.37. The molecule has 1 aromatic heterocycles. The van der Waals surface area contributed by atoms with Gasteiger partial charge in [-0.05, 0) is 60.0 Å². The molecule has 6 rings (SSSR count). The summed E-state index contributed by atoms with van der Waals surface area (Å²) in [6.07, 6.45) is 5.32. The fourth-order valence-electron chi connectivity index (χ4n) is 5.81. The Morgan fingerprint density at radius 1 is 0.891 bits per heavy atom. The number of carbonyl (C=O) groups is 2. The molecule has 0 radical (unpaired) electrons. The van der Waals surface area contributed by atoms with Crippen molar-refractivity contribution in [1.29, 1.82) is 0 Å². The number of nitrogens with zero attached hydrogens (tertiary/aromatic N) is 2. The number of primary amides is 1. The number of hydrogen-bond donors (Lipinski definition) is 3. The first-order chi connectivity index (χ1) is 22.4. The lowest BCUT2D eigenvalue weighted by atomic mass is 9.94. The van der Waals surface area contributed by atoms with Gasteiger partial charge in [-0.1, -0.05) is 77.8 Å². The molecule has 234 valence electrons. The Morgan fingerprint density at radius 2 is 1.59 bits per heavy atom. The Hall–Kier alpha value is -4.63. The number of amides is 2. The fraction of sp³-hybridized carbons (Fsp3) is 0.194. The van der Waals surface area contributed by atoms with Gasteiger partial charge in [0.1, 0.15) is 11.8 Å². The molecule has 0 saturated heterocycles. The van der Waals surface area contributed by atoms with Crippen LogP contribution in [0.25, 0.3) is 5.69 Å². The van der Waals surface area contributed by atoms with E-state index in [1.54, 1.807) is 36.7 Å². The van der Waals surface area contributed by atoms with Crippen molar-refractivity contribution in [2.45, 2.75) is 37.4 Å². The van der Waals surface area contributed by atoms with Crippen LogP contribution in [-0.2, 0) is 17.6 Å². The number of nitrogens with one attached hydrogen (secondary N) is 2. The number of para-hydroxylation sites is 1. The van der Waals surface area contributed by atoms with Crippen LogP contribution in [0, 0.1) is 0 Å². The summed E-state index contributed by atoms with van der Waals surface area (Å²) < 4.78 is 8.17. The SMILES string of the molecule is NC(=O)[C@H](Cc1ccc(Cl)cc1)NC(=O)c1cccc2c1OCCC2NC(Cc1ccccc1)c1cncn1-c1ccc(Cl)cc1. The molecule has 1 aliphatic heterocycles. The van der Waals surface area contributed by atoms with Crippen molar-refractivity contribution >= 4 is 35.0 Å². The predicted molar refractivity (Wildman–Crippen MR) is 179 cm³/mol. The van der Waals surface area contributed by atoms with E-state index >= 15 is 0 Å². The Balaban J connectivity index is 1.28. The highest BCUT2D eigenvalue weighted by atomic mass is 35.5. The number of carbonyl (C=O) groups excluding carboxylic acids is 2. The van der Waals surface area contributed by atoms with Crippen LogP contribution < -0.4 is 21.1 Å². The summed E-state index contributed by atoms with van der Waals surface area (Å²) in [5.74, 6) is -0.574. The van der Waals surface area contributed by atoms with Gasteiger partial charge in [-0.15, -0.1) is 0 Å². The zero-order valence-corrected chi connectivity index (χ0v) is 26.4. The summed E-state index contributed by atoms with van der Waals surface area (Å²) in [5.41, 5.74) is 10.8. The van der Waals surface area contributed by atoms with E-state index in [1.165, 1.54) is 5.56 Å². The summed E-state index contributed by atoms with van der Waals surface area (Å²) in [7, 11) is 0. The lowest BCUT2D eigenvalue weighted by molar-refractivity contribution is -0.119. The van der Waals surface area contributed by atoms with Gasteiger partial charge in [0.25, 0.3) is 5.91 Å². The first-order valence-electron chi connectivity index (χ1n) is 15.0. The van der Waals surface area contributed by atoms with Gasteiger partial charge in [0.2, 0.25) is 5.91 Å². The van der Waals surface area contributed by atoms with Gasteiger partial charge in [-0.25, -0.2) is 4.98 Å². The lowest BCUT2D eigenvalue weighted by Gasteiger charge is -2.32. The molecule has 0 bridgehead atoms. The molecule has 46 heavy (non-hydrogen) atoms. The maximum Gasteiger partial charge on any atom is 0.255 e. The Morgan fingerprint density at radius 3 is 2.30 bits per heavy atom. The van der Waals surface area contributed by atoms with E-state index in [9.17, 15) is 9.59 Å². The summed E-state index contributed by atoms with van der Waals surface area (Å²) in [6.45, 7) is 0.410. The van der Waals surface area contributed by atoms with E-state index in [0.29, 0.717) is 40.8 Å². The third-order valence-electron chi connectivity index (χ3n) is 8.13. The van der Waals surface area contributed by atoms with E-state index in [0.717, 1.165) is 22.5 Å². The van der Waals surface area contributed by atoms with Crippen LogP contribution in [0.3, 0.4) is 0 Å². The molecule has 1 aliphatic rings. The molecule has 3 atom stereocenters. The number of ether oxygens (including phenoxy) is 1. The molecule has 4 aromatic carbocycles. The van der Waals surface area contributed by atoms with Gasteiger partial charge in [-0.3, -0.25) is 9.59 Å². The van der Waals surface area contributed by atoms with E-state index in [2.05, 4.69) is 32.3 Å². The monoisotopic (exact) mass is 653 g/mol. The highest BCUT2D eigenvalue weighted by Gasteiger charge is 2.30. The van der Waals surface area contributed by atoms with E-state index in [4.69, 9.17) is 33.7 Å². The van der Waals surface area contributed by atoms with E-state index in [1.807, 2.05) is 60.8 Å². The molecule has 0 saturated carbocycles. The summed E-state index contributed by atoms with van der Waals surface area (Å²) >= 11 is 12.2. The first-order valence-corrected chi connectivity index (χ1v) is 15.8. The second-order valence-electron chi connectivity index (χ2n) is 11.2. The molecule has 4 N–H and O–H groups in total. The minimum Gasteiger partial charge on any atom is -0.492 e. The Labute approximate surface area is 277 Å². The molecule has 0 fully saturated rings. The van der Waals surface area contributed by atoms with Crippen molar-refractivity contribution in [3.8, 4) is 11.4 Å². The summed E-state index contributed by atoms with van der Waals surface area (Å²) in [4.78, 5) is 30.4. The molecular formula is C36H33Cl2N5O3. The summed E-state index contributed by atoms with van der Waals surface area (Å²) in [5, 5.41) is 7.93. The van der Waals surface area contributed by atoms with Gasteiger partial charge in [0.15, 0.2) is 0 Å². The quantitative estimate of drug-likeness (QED) is 0.153. The average molecular weight is 655 g/mol. The van der Waals surface area contributed by atoms with E-state index < -0.39 is 17.9 Å². The van der Waals surface area contributed by atoms with Gasteiger partial charge in [0.05, 0.1) is 36.4 Å². The number of fused-ring (bicyclic) bond motifs is 1. The Kier molecular flexibility index (Phi) is 9.68. The third kappa shape index (κ3) is 7.26. The minimum atomic E-state index is -0.912. The van der Waals surface area contributed by atoms with Crippen LogP contribution in [0.5, 0.6) is 5.75 Å². The fourth-order valence-corrected chi connectivity index (χ4v) is 6.07. The van der Waals surface area contributed by atoms with Gasteiger partial charge >= 0.3 is 0 Å². The van der Waals surface area contributed by atoms with Gasteiger partial charge in [0, 0.05) is 40.2 Å². The molecular weight excluding hydrogens is 621 g/mol. The van der Waals surface area contributed by atoms with Crippen molar-refractivity contribution in [2.75, 3.05) is 6.61 Å². The second-order valence-corrected chi connectivity index (χ2v) is 12.1. The standard InChI is InChI=1S/C36H33Cl2N5O3/c37-25-11-9-24(10-12-25)20-32(35(39)44)42-36(45)29-8-4-7-28-30(17-18-46-34(28)29)41-31(19-23-5-2-1-3-6-23)33-21-40-22-43(33)27-15-13-26(38)14-16-27/h1-16,21-22,30-32,41H,17-20H2,(H2,39,44)(H,42,45)/t30?,31?,32-/m0/s1. The normalized spacial score (nSPS) is 15.3. The highest BCUT2D eigenvalue weighted by molar-refractivity contribution is 6.30. The largest absolute Gasteiger partial charge is 0.492 e. The van der Waals surface area contributed by atoms with Crippen LogP contribution in [0.15, 0.2) is 110 Å². The van der Waals surface area contributed by atoms with Crippen molar-refractivity contribution in [3.63, 3.8) is 0 Å². The topological polar surface area (TPSA) is 111 Å². The van der Waals surface area contributed by atoms with Crippen molar-refractivity contribution < 1.29 is 14.3 Å². The number of benzene rings is 4. The zero-order chi connectivity index (χ0) is 32.0. The smallest absolute Gasteiger partial charge is 0.255 e. The van der Waals surface area contributed by atoms with Crippen molar-refractivity contribution in [1.82, 2.24) is 20.2 Å². The number of imidazole rings is 1. The molecule has 0 aliphatic carbocycles. The van der Waals surface area contributed by atoms with Crippen molar-refractivity contribution in [3.05, 3.63) is 148 Å². The van der Waals surface area contributed by atoms with Crippen LogP contribution in [0.1, 0.15) is 51.2 Å². The average Bonchev–Trinajstić information content (AvgIpc) is 3.56. The second kappa shape index (κ2) is 14.2. The van der Waals surface area contributed by atoms with Crippen LogP contribution >= 0.6 is 23.2 Å². The molecule has 2 amide bonds. The summed E-state index contributed by atoms with van der Waals surface area (Å²) in [6, 6.07) is 29.4. The molecule has 8 nitrogen and oxygen atoms in total. The van der Waals surface area contributed by atoms with E-state index in [-0.39, 0.29) is 18.5 Å². The minimum absolute atomic E-state index is 0.125. The lowest BCUT2D eigenvalue weighted by Crippen LogP contribution is -2.46. The van der Waals surface area contributed by atoms with Gasteiger partial charge < -0.3 is 25.7 Å². The maximum absolute atomic E-state index is 13.6. The maximum atomic E-state index is 13.6. The molecule has 2 unspecified atom stereocenters. The van der Waals surface area contributed by atoms with Gasteiger partial charge in [-0.2, -0.15) is 0 Å². The van der Waals surface area contributed by atoms with Crippen LogP contribution in [-0.4, -0.2) is 34.0 Å². The number of rotatable bonds is 11. The molecule has 2 heterocycles.